The van der Waals surface area contributed by atoms with Gasteiger partial charge in [-0.2, -0.15) is 0 Å². The molecule has 1 atom stereocenters. The highest BCUT2D eigenvalue weighted by Crippen LogP contribution is 2.11. The van der Waals surface area contributed by atoms with Gasteiger partial charge in [0, 0.05) is 13.0 Å². The first-order chi connectivity index (χ1) is 10.1. The number of rotatable bonds is 5. The lowest BCUT2D eigenvalue weighted by Crippen LogP contribution is -2.44. The molecule has 1 unspecified atom stereocenters. The first kappa shape index (κ1) is 15.5. The lowest BCUT2D eigenvalue weighted by atomic mass is 10.2. The van der Waals surface area contributed by atoms with E-state index >= 15 is 0 Å². The number of nitrogens with one attached hydrogen (secondary N) is 1. The van der Waals surface area contributed by atoms with Crippen molar-refractivity contribution >= 4 is 11.8 Å². The predicted molar refractivity (Wildman–Crippen MR) is 74.2 cm³/mol. The third-order valence-electron chi connectivity index (χ3n) is 3.47. The van der Waals surface area contributed by atoms with Crippen LogP contribution in [0.2, 0.25) is 0 Å². The second-order valence-electron chi connectivity index (χ2n) is 5.12. The van der Waals surface area contributed by atoms with Crippen molar-refractivity contribution in [1.29, 1.82) is 0 Å². The van der Waals surface area contributed by atoms with E-state index in [2.05, 4.69) is 10.3 Å². The molecule has 0 saturated carbocycles. The van der Waals surface area contributed by atoms with Crippen molar-refractivity contribution < 1.29 is 19.1 Å². The Morgan fingerprint density at radius 2 is 2.38 bits per heavy atom. The number of nitrogens with zero attached hydrogens (tertiary/aromatic N) is 2. The Balaban J connectivity index is 1.81. The van der Waals surface area contributed by atoms with Gasteiger partial charge in [-0.15, -0.1) is 0 Å². The summed E-state index contributed by atoms with van der Waals surface area (Å²) in [6.07, 6.45) is 3.46. The molecule has 1 aromatic rings. The molecule has 2 rings (SSSR count). The van der Waals surface area contributed by atoms with E-state index in [1.807, 2.05) is 6.92 Å². The molecule has 7 heteroatoms. The summed E-state index contributed by atoms with van der Waals surface area (Å²) in [6, 6.07) is 0. The molecule has 2 amide bonds. The summed E-state index contributed by atoms with van der Waals surface area (Å²) in [5.41, 5.74) is 0. The van der Waals surface area contributed by atoms with E-state index in [-0.39, 0.29) is 24.9 Å². The lowest BCUT2D eigenvalue weighted by molar-refractivity contribution is -0.142. The van der Waals surface area contributed by atoms with Crippen molar-refractivity contribution in [3.63, 3.8) is 0 Å². The number of aromatic nitrogens is 1. The molecule has 1 fully saturated rings. The van der Waals surface area contributed by atoms with E-state index in [0.717, 1.165) is 25.0 Å². The van der Waals surface area contributed by atoms with Gasteiger partial charge < -0.3 is 19.7 Å². The minimum Gasteiger partial charge on any atom is -0.444 e. The van der Waals surface area contributed by atoms with Gasteiger partial charge in [-0.1, -0.05) is 6.92 Å². The topological polar surface area (TPSA) is 95.7 Å². The Morgan fingerprint density at radius 3 is 3.10 bits per heavy atom. The summed E-state index contributed by atoms with van der Waals surface area (Å²) in [4.78, 5) is 29.2. The Kier molecular flexibility index (Phi) is 5.32. The monoisotopic (exact) mass is 295 g/mol. The van der Waals surface area contributed by atoms with E-state index in [0.29, 0.717) is 18.9 Å². The van der Waals surface area contributed by atoms with Crippen LogP contribution in [0.25, 0.3) is 0 Å². The lowest BCUT2D eigenvalue weighted by Gasteiger charge is -2.21. The molecular formula is C14H21N3O4. The van der Waals surface area contributed by atoms with Gasteiger partial charge in [0.05, 0.1) is 19.3 Å². The van der Waals surface area contributed by atoms with Crippen LogP contribution in [0.3, 0.4) is 0 Å². The Bertz CT molecular complexity index is 500. The fourth-order valence-electron chi connectivity index (χ4n) is 2.24. The third kappa shape index (κ3) is 4.29. The second-order valence-corrected chi connectivity index (χ2v) is 5.12. The molecule has 2 N–H and O–H groups in total. The van der Waals surface area contributed by atoms with E-state index in [4.69, 9.17) is 4.42 Å². The predicted octanol–water partition coefficient (Wildman–Crippen LogP) is 0.227. The Morgan fingerprint density at radius 1 is 1.57 bits per heavy atom. The summed E-state index contributed by atoms with van der Waals surface area (Å²) >= 11 is 0. The van der Waals surface area contributed by atoms with Crippen LogP contribution in [-0.2, 0) is 22.6 Å². The number of aliphatic hydroxyl groups excluding tert-OH is 1. The van der Waals surface area contributed by atoms with E-state index in [9.17, 15) is 14.7 Å². The summed E-state index contributed by atoms with van der Waals surface area (Å²) in [6.45, 7) is 2.61. The number of oxazole rings is 1. The largest absolute Gasteiger partial charge is 0.444 e. The molecule has 116 valence electrons. The van der Waals surface area contributed by atoms with Crippen molar-refractivity contribution in [1.82, 2.24) is 15.2 Å². The highest BCUT2D eigenvalue weighted by Gasteiger charge is 2.26. The summed E-state index contributed by atoms with van der Waals surface area (Å²) in [5.74, 6) is 0.563. The van der Waals surface area contributed by atoms with Crippen LogP contribution in [0.1, 0.15) is 37.8 Å². The Labute approximate surface area is 123 Å². The molecular weight excluding hydrogens is 274 g/mol. The molecule has 21 heavy (non-hydrogen) atoms. The number of aryl methyl sites for hydroxylation is 1. The molecule has 0 aromatic carbocycles. The van der Waals surface area contributed by atoms with Gasteiger partial charge in [-0.05, 0) is 19.3 Å². The number of carbonyl (C=O) groups is 2. The highest BCUT2D eigenvalue weighted by atomic mass is 16.4. The van der Waals surface area contributed by atoms with Crippen molar-refractivity contribution in [3.05, 3.63) is 17.8 Å². The fraction of sp³-hybridized carbons (Fsp3) is 0.643. The van der Waals surface area contributed by atoms with Gasteiger partial charge in [-0.3, -0.25) is 9.59 Å². The van der Waals surface area contributed by atoms with Crippen LogP contribution in [0.5, 0.6) is 0 Å². The van der Waals surface area contributed by atoms with Crippen molar-refractivity contribution in [2.75, 3.05) is 13.1 Å². The standard InChI is InChI=1S/C14H21N3O4/c1-2-10-7-16-13(21-10)8-15-12(19)9-17-6-4-3-5-11(18)14(17)20/h7,11,18H,2-6,8-9H2,1H3,(H,15,19). The highest BCUT2D eigenvalue weighted by molar-refractivity contribution is 5.86. The van der Waals surface area contributed by atoms with Crippen LogP contribution in [-0.4, -0.2) is 46.0 Å². The van der Waals surface area contributed by atoms with E-state index in [1.54, 1.807) is 6.20 Å². The number of aliphatic hydroxyl groups is 1. The molecule has 1 saturated heterocycles. The summed E-state index contributed by atoms with van der Waals surface area (Å²) < 4.78 is 5.38. The zero-order valence-corrected chi connectivity index (χ0v) is 12.2. The first-order valence-electron chi connectivity index (χ1n) is 7.27. The molecule has 1 aliphatic heterocycles. The Hall–Kier alpha value is -1.89. The summed E-state index contributed by atoms with van der Waals surface area (Å²) in [5, 5.41) is 12.3. The number of hydrogen-bond acceptors (Lipinski definition) is 5. The van der Waals surface area contributed by atoms with E-state index in [1.165, 1.54) is 4.90 Å². The van der Waals surface area contributed by atoms with Gasteiger partial charge in [-0.25, -0.2) is 4.98 Å². The smallest absolute Gasteiger partial charge is 0.251 e. The van der Waals surface area contributed by atoms with Crippen molar-refractivity contribution in [2.24, 2.45) is 0 Å². The molecule has 0 bridgehead atoms. The number of hydrogen-bond donors (Lipinski definition) is 2. The second kappa shape index (κ2) is 7.21. The van der Waals surface area contributed by atoms with Gasteiger partial charge in [0.25, 0.3) is 5.91 Å². The quantitative estimate of drug-likeness (QED) is 0.810. The third-order valence-corrected chi connectivity index (χ3v) is 3.47. The molecule has 1 aliphatic rings. The van der Waals surface area contributed by atoms with Gasteiger partial charge in [0.1, 0.15) is 11.9 Å². The maximum atomic E-state index is 11.9. The minimum absolute atomic E-state index is 0.0444. The van der Waals surface area contributed by atoms with Crippen molar-refractivity contribution in [3.8, 4) is 0 Å². The normalized spacial score (nSPS) is 19.4. The molecule has 0 radical (unpaired) electrons. The number of likely N-dealkylation sites (tertiary alicyclic amines) is 1. The van der Waals surface area contributed by atoms with Crippen LogP contribution in [0, 0.1) is 0 Å². The number of carbonyl (C=O) groups excluding carboxylic acids is 2. The van der Waals surface area contributed by atoms with Crippen LogP contribution in [0.4, 0.5) is 0 Å². The SMILES string of the molecule is CCc1cnc(CNC(=O)CN2CCCCC(O)C2=O)o1. The van der Waals surface area contributed by atoms with Gasteiger partial charge in [0.15, 0.2) is 0 Å². The fourth-order valence-corrected chi connectivity index (χ4v) is 2.24. The molecule has 1 aromatic heterocycles. The van der Waals surface area contributed by atoms with Crippen LogP contribution < -0.4 is 5.32 Å². The van der Waals surface area contributed by atoms with Gasteiger partial charge in [0.2, 0.25) is 11.8 Å². The first-order valence-corrected chi connectivity index (χ1v) is 7.27. The van der Waals surface area contributed by atoms with Gasteiger partial charge >= 0.3 is 0 Å². The zero-order chi connectivity index (χ0) is 15.2. The summed E-state index contributed by atoms with van der Waals surface area (Å²) in [7, 11) is 0. The average Bonchev–Trinajstić information content (AvgIpc) is 2.89. The zero-order valence-electron chi connectivity index (χ0n) is 12.2. The van der Waals surface area contributed by atoms with Crippen LogP contribution >= 0.6 is 0 Å². The molecule has 7 nitrogen and oxygen atoms in total. The maximum Gasteiger partial charge on any atom is 0.251 e. The van der Waals surface area contributed by atoms with Crippen LogP contribution in [0.15, 0.2) is 10.6 Å². The molecule has 0 aliphatic carbocycles. The van der Waals surface area contributed by atoms with Crippen molar-refractivity contribution in [2.45, 2.75) is 45.3 Å². The molecule has 0 spiro atoms. The molecule has 2 heterocycles. The maximum absolute atomic E-state index is 11.9. The van der Waals surface area contributed by atoms with E-state index < -0.39 is 6.10 Å². The minimum atomic E-state index is -0.987. The number of amides is 2. The average molecular weight is 295 g/mol.